The van der Waals surface area contributed by atoms with E-state index in [0.29, 0.717) is 73.0 Å². The Morgan fingerprint density at radius 3 is 0.624 bits per heavy atom. The van der Waals surface area contributed by atoms with Gasteiger partial charge in [0.05, 0.1) is 73.2 Å². The minimum atomic E-state index is -0.998. The Bertz CT molecular complexity index is 2990. The van der Waals surface area contributed by atoms with Crippen LogP contribution in [-0.4, -0.2) is 158 Å². The molecule has 21 heteroatoms. The number of carboxylic acids is 4. The van der Waals surface area contributed by atoms with E-state index in [-0.39, 0.29) is 239 Å². The van der Waals surface area contributed by atoms with Crippen molar-refractivity contribution in [1.29, 1.82) is 0 Å². The van der Waals surface area contributed by atoms with Gasteiger partial charge in [0.25, 0.3) is 0 Å². The van der Waals surface area contributed by atoms with Crippen molar-refractivity contribution in [3.8, 4) is 0 Å². The van der Waals surface area contributed by atoms with Crippen molar-refractivity contribution in [1.82, 2.24) is 0 Å². The van der Waals surface area contributed by atoms with E-state index in [1.165, 1.54) is 0 Å². The van der Waals surface area contributed by atoms with Crippen LogP contribution in [-0.2, 0) is 45.4 Å². The van der Waals surface area contributed by atoms with Crippen LogP contribution in [0.3, 0.4) is 0 Å². The molecule has 0 aromatic rings. The van der Waals surface area contributed by atoms with Gasteiger partial charge in [0.15, 0.2) is 0 Å². The SMILES string of the molecule is C[C@H](CCC(=O)[O-])[C@H]1CC[C@H]2[C@@H]3[C@H](O)C[C@@H]4C[C@H](O)CC[C@]4(C)[C@H]3C[C@H](O)[C@]12C.C[C@H](CCC(=O)[O-])[C@H]1CC[C@H]2[C@@H]3[C@H](O)C[C@@H]4C[C@H](O)CC[C@]4(C)[C@H]3C[C@H](O)[C@]12C.C[C@H](CCC(=O)[O-])[C@H]1CC[C@H]2[C@@H]3[C@H](O)C[C@@H]4C[C@H](O)CC[C@]4(C)[C@H]3C[C@H](O)[C@]12C.C[C@H](CCC(=O)[O-])[C@H]1CC[C@H]2[C@@H]3[C@H](O)C[C@@H]4C[C@H](O)CC[C@]4(C)[C@H]3C[C@H](O)[C@]12C.[Zr+4]. The Morgan fingerprint density at radius 2 is 0.453 bits per heavy atom. The topological polar surface area (TPSA) is 403 Å². The summed E-state index contributed by atoms with van der Waals surface area (Å²) in [5, 5.41) is 175. The molecule has 16 saturated carbocycles. The first kappa shape index (κ1) is 94.4. The molecule has 16 aliphatic rings. The van der Waals surface area contributed by atoms with Gasteiger partial charge in [0.2, 0.25) is 0 Å². The molecule has 20 nitrogen and oxygen atoms in total. The van der Waals surface area contributed by atoms with E-state index >= 15 is 0 Å². The summed E-state index contributed by atoms with van der Waals surface area (Å²) < 4.78 is 0. The number of aliphatic hydroxyl groups excluding tert-OH is 12. The number of carboxylic acid groups (broad SMARTS) is 4. The van der Waals surface area contributed by atoms with Gasteiger partial charge in [0, 0.05) is 23.9 Å². The number of rotatable bonds is 16. The standard InChI is InChI=1S/4C24H40O5.Zr/c4*1-13(4-7-21(28)29)16-5-6-17-22-18(12-20(27)24(16,17)3)23(2)9-8-15(25)10-14(23)11-19(22)26;/h4*13-20,22,25-27H,4-12H2,1-3H3,(H,28,29);/q;;;;+4/p-4/t4*13-,14+,15-,16-,17+,18+,19-,20+,22+,23+,24-;/m1111./s1. The molecule has 0 saturated heterocycles. The summed E-state index contributed by atoms with van der Waals surface area (Å²) in [6.45, 7) is 26.7. The summed E-state index contributed by atoms with van der Waals surface area (Å²) in [6, 6.07) is 0. The quantitative estimate of drug-likeness (QED) is 0.0689. The summed E-state index contributed by atoms with van der Waals surface area (Å²) in [5.41, 5.74) is -0.687. The predicted molar refractivity (Wildman–Crippen MR) is 430 cm³/mol. The molecule has 0 spiro atoms. The van der Waals surface area contributed by atoms with Crippen LogP contribution in [0.15, 0.2) is 0 Å². The van der Waals surface area contributed by atoms with Crippen LogP contribution in [0.1, 0.15) is 314 Å². The fraction of sp³-hybridized carbons (Fsp3) is 0.958. The van der Waals surface area contributed by atoms with E-state index in [0.717, 1.165) is 180 Å². The Balaban J connectivity index is 0.000000143. The first-order valence-corrected chi connectivity index (χ1v) is 47.3. The number of aliphatic hydroxyl groups is 12. The summed E-state index contributed by atoms with van der Waals surface area (Å²) in [4.78, 5) is 43.8. The Labute approximate surface area is 719 Å². The molecule has 0 unspecified atom stereocenters. The van der Waals surface area contributed by atoms with Crippen molar-refractivity contribution in [2.75, 3.05) is 0 Å². The molecular formula is C96H156O20Zr. The second kappa shape index (κ2) is 35.8. The van der Waals surface area contributed by atoms with Crippen LogP contribution in [0.25, 0.3) is 0 Å². The summed E-state index contributed by atoms with van der Waals surface area (Å²) in [6.07, 6.45) is 22.9. The molecule has 0 bridgehead atoms. The van der Waals surface area contributed by atoms with Crippen molar-refractivity contribution in [2.24, 2.45) is 185 Å². The second-order valence-electron chi connectivity index (χ2n) is 45.7. The minimum absolute atomic E-state index is 0. The van der Waals surface area contributed by atoms with Crippen LogP contribution < -0.4 is 20.4 Å². The zero-order valence-electron chi connectivity index (χ0n) is 73.4. The normalized spacial score (nSPS) is 52.4. The van der Waals surface area contributed by atoms with Gasteiger partial charge >= 0.3 is 26.2 Å². The molecule has 16 rings (SSSR count). The molecular weight excluding hydrogens is 1560 g/mol. The van der Waals surface area contributed by atoms with E-state index in [1.807, 2.05) is 0 Å². The third-order valence-corrected chi connectivity index (χ3v) is 41.3. The Morgan fingerprint density at radius 1 is 0.274 bits per heavy atom. The van der Waals surface area contributed by atoms with E-state index in [2.05, 4.69) is 83.1 Å². The molecule has 44 atom stereocenters. The average molecular weight is 1720 g/mol. The number of fused-ring (bicyclic) bond motifs is 20. The van der Waals surface area contributed by atoms with Crippen molar-refractivity contribution >= 4 is 23.9 Å². The number of carbonyl (C=O) groups excluding carboxylic acids is 4. The molecule has 0 radical (unpaired) electrons. The maximum Gasteiger partial charge on any atom is 4.00 e. The maximum absolute atomic E-state index is 11.5. The van der Waals surface area contributed by atoms with Crippen LogP contribution in [0.5, 0.6) is 0 Å². The largest absolute Gasteiger partial charge is 4.00 e. The van der Waals surface area contributed by atoms with E-state index < -0.39 is 48.3 Å². The van der Waals surface area contributed by atoms with Crippen molar-refractivity contribution < 1.29 is 127 Å². The summed E-state index contributed by atoms with van der Waals surface area (Å²) >= 11 is 0. The monoisotopic (exact) mass is 1720 g/mol. The van der Waals surface area contributed by atoms with Gasteiger partial charge in [-0.05, 0) is 416 Å². The zero-order chi connectivity index (χ0) is 84.5. The van der Waals surface area contributed by atoms with Gasteiger partial charge < -0.3 is 101 Å². The van der Waals surface area contributed by atoms with Crippen LogP contribution in [0.2, 0.25) is 0 Å². The van der Waals surface area contributed by atoms with Gasteiger partial charge in [-0.15, -0.1) is 0 Å². The first-order chi connectivity index (χ1) is 54.3. The third kappa shape index (κ3) is 16.6. The van der Waals surface area contributed by atoms with Gasteiger partial charge in [-0.1, -0.05) is 83.1 Å². The van der Waals surface area contributed by atoms with Crippen molar-refractivity contribution in [2.45, 2.75) is 387 Å². The number of carbonyl (C=O) groups is 4. The molecule has 0 amide bonds. The molecule has 16 fully saturated rings. The molecule has 117 heavy (non-hydrogen) atoms. The van der Waals surface area contributed by atoms with Crippen LogP contribution >= 0.6 is 0 Å². The first-order valence-electron chi connectivity index (χ1n) is 47.3. The van der Waals surface area contributed by atoms with Gasteiger partial charge in [0.1, 0.15) is 0 Å². The molecule has 0 aromatic heterocycles. The smallest absolute Gasteiger partial charge is 0.550 e. The van der Waals surface area contributed by atoms with Gasteiger partial charge in [-0.3, -0.25) is 0 Å². The van der Waals surface area contributed by atoms with E-state index in [9.17, 15) is 101 Å². The van der Waals surface area contributed by atoms with Gasteiger partial charge in [-0.2, -0.15) is 0 Å². The number of aliphatic carboxylic acids is 4. The Kier molecular flexibility index (Phi) is 28.9. The average Bonchev–Trinajstić information content (AvgIpc) is 1.68. The number of hydrogen-bond donors (Lipinski definition) is 12. The predicted octanol–water partition coefficient (Wildman–Crippen LogP) is 8.45. The maximum atomic E-state index is 11.5. The molecule has 0 aliphatic heterocycles. The molecule has 0 aromatic carbocycles. The van der Waals surface area contributed by atoms with E-state index in [1.54, 1.807) is 0 Å². The second-order valence-corrected chi connectivity index (χ2v) is 45.7. The summed E-state index contributed by atoms with van der Waals surface area (Å²) in [5.74, 6) is 2.54. The minimum Gasteiger partial charge on any atom is -0.550 e. The zero-order valence-corrected chi connectivity index (χ0v) is 75.8. The van der Waals surface area contributed by atoms with Crippen LogP contribution in [0.4, 0.5) is 0 Å². The fourth-order valence-corrected chi connectivity index (χ4v) is 34.7. The van der Waals surface area contributed by atoms with Crippen LogP contribution in [0, 0.1) is 185 Å². The molecule has 664 valence electrons. The molecule has 12 N–H and O–H groups in total. The third-order valence-electron chi connectivity index (χ3n) is 41.3. The van der Waals surface area contributed by atoms with E-state index in [4.69, 9.17) is 0 Å². The Hall–Kier alpha value is -1.72. The number of hydrogen-bond acceptors (Lipinski definition) is 20. The molecule has 16 aliphatic carbocycles. The fourth-order valence-electron chi connectivity index (χ4n) is 34.7. The van der Waals surface area contributed by atoms with Crippen molar-refractivity contribution in [3.05, 3.63) is 0 Å². The van der Waals surface area contributed by atoms with Crippen molar-refractivity contribution in [3.63, 3.8) is 0 Å². The summed E-state index contributed by atoms with van der Waals surface area (Å²) in [7, 11) is 0. The van der Waals surface area contributed by atoms with Gasteiger partial charge in [-0.25, -0.2) is 0 Å². The molecule has 0 heterocycles.